The second-order valence-electron chi connectivity index (χ2n) is 9.03. The van der Waals surface area contributed by atoms with Crippen molar-refractivity contribution < 1.29 is 9.90 Å². The molecule has 1 aliphatic rings. The van der Waals surface area contributed by atoms with E-state index in [1.165, 1.54) is 39.0 Å². The molecule has 4 aromatic rings. The van der Waals surface area contributed by atoms with Crippen LogP contribution in [-0.4, -0.2) is 21.8 Å². The predicted octanol–water partition coefficient (Wildman–Crippen LogP) is 5.35. The number of carbonyl (C=O) groups excluding carboxylic acids is 1. The molecule has 7 heteroatoms. The third-order valence-corrected chi connectivity index (χ3v) is 7.98. The van der Waals surface area contributed by atoms with Gasteiger partial charge in [0.15, 0.2) is 0 Å². The number of pyridine rings is 1. The van der Waals surface area contributed by atoms with Crippen LogP contribution < -0.4 is 11.0 Å². The van der Waals surface area contributed by atoms with Crippen molar-refractivity contribution in [3.8, 4) is 11.6 Å². The molecule has 5 rings (SSSR count). The Hall–Kier alpha value is -3.71. The van der Waals surface area contributed by atoms with Gasteiger partial charge in [0.05, 0.1) is 22.3 Å². The standard InChI is InChI=1S/C28H27N3O3S/c1-3-18-10-13-24-19(14-18)15-25(35-24)26(32)30-29-16-23-21-6-4-5-7-22(21)27(33)31(28(23)34)20-11-8-17(2)9-12-20/h4-9,11-12,15-16,18,34H,3,10,13-14H2,1-2H3,(H,30,32). The van der Waals surface area contributed by atoms with Crippen molar-refractivity contribution in [2.24, 2.45) is 11.0 Å². The van der Waals surface area contributed by atoms with Gasteiger partial charge in [-0.1, -0.05) is 49.2 Å². The fourth-order valence-corrected chi connectivity index (χ4v) is 5.79. The van der Waals surface area contributed by atoms with E-state index in [9.17, 15) is 14.7 Å². The number of thiophene rings is 1. The third-order valence-electron chi connectivity index (χ3n) is 6.74. The molecule has 0 radical (unpaired) electrons. The molecular weight excluding hydrogens is 458 g/mol. The molecule has 0 aliphatic heterocycles. The number of benzene rings is 2. The first-order valence-corrected chi connectivity index (χ1v) is 12.7. The van der Waals surface area contributed by atoms with Crippen molar-refractivity contribution >= 4 is 34.2 Å². The van der Waals surface area contributed by atoms with Crippen LogP contribution in [-0.2, 0) is 12.8 Å². The average molecular weight is 486 g/mol. The van der Waals surface area contributed by atoms with Crippen LogP contribution in [0.5, 0.6) is 5.88 Å². The number of hydrazone groups is 1. The Kier molecular flexibility index (Phi) is 6.26. The fraction of sp³-hybridized carbons (Fsp3) is 0.250. The van der Waals surface area contributed by atoms with Gasteiger partial charge >= 0.3 is 0 Å². The Morgan fingerprint density at radius 1 is 1.20 bits per heavy atom. The number of carbonyl (C=O) groups is 1. The Morgan fingerprint density at radius 2 is 1.94 bits per heavy atom. The number of nitrogens with zero attached hydrogens (tertiary/aromatic N) is 2. The van der Waals surface area contributed by atoms with Crippen molar-refractivity contribution in [3.05, 3.63) is 91.4 Å². The number of fused-ring (bicyclic) bond motifs is 2. The smallest absolute Gasteiger partial charge is 0.281 e. The summed E-state index contributed by atoms with van der Waals surface area (Å²) in [5, 5.41) is 16.3. The number of hydrogen-bond acceptors (Lipinski definition) is 5. The van der Waals surface area contributed by atoms with Crippen LogP contribution in [0.4, 0.5) is 0 Å². The minimum absolute atomic E-state index is 0.229. The molecule has 2 aromatic heterocycles. The fourth-order valence-electron chi connectivity index (χ4n) is 4.69. The molecular formula is C28H27N3O3S. The van der Waals surface area contributed by atoms with E-state index in [-0.39, 0.29) is 17.3 Å². The van der Waals surface area contributed by atoms with E-state index in [1.54, 1.807) is 36.4 Å². The lowest BCUT2D eigenvalue weighted by atomic mass is 9.87. The summed E-state index contributed by atoms with van der Waals surface area (Å²) in [5.74, 6) is 0.184. The first-order chi connectivity index (χ1) is 17.0. The number of amides is 1. The van der Waals surface area contributed by atoms with Crippen LogP contribution in [0.15, 0.2) is 64.5 Å². The average Bonchev–Trinajstić information content (AvgIpc) is 3.30. The van der Waals surface area contributed by atoms with Crippen LogP contribution >= 0.6 is 11.3 Å². The molecule has 35 heavy (non-hydrogen) atoms. The van der Waals surface area contributed by atoms with E-state index < -0.39 is 0 Å². The molecule has 0 bridgehead atoms. The number of aromatic nitrogens is 1. The number of hydrogen-bond donors (Lipinski definition) is 2. The third kappa shape index (κ3) is 4.39. The zero-order chi connectivity index (χ0) is 24.5. The van der Waals surface area contributed by atoms with E-state index in [0.29, 0.717) is 32.8 Å². The zero-order valence-corrected chi connectivity index (χ0v) is 20.6. The molecule has 0 spiro atoms. The minimum Gasteiger partial charge on any atom is -0.494 e. The van der Waals surface area contributed by atoms with Gasteiger partial charge < -0.3 is 5.11 Å². The van der Waals surface area contributed by atoms with Crippen molar-refractivity contribution in [2.45, 2.75) is 39.5 Å². The highest BCUT2D eigenvalue weighted by Crippen LogP contribution is 2.33. The first kappa shape index (κ1) is 23.1. The van der Waals surface area contributed by atoms with Gasteiger partial charge in [-0.15, -0.1) is 11.3 Å². The van der Waals surface area contributed by atoms with Gasteiger partial charge in [-0.2, -0.15) is 5.10 Å². The largest absolute Gasteiger partial charge is 0.494 e. The highest BCUT2D eigenvalue weighted by molar-refractivity contribution is 7.14. The Morgan fingerprint density at radius 3 is 2.69 bits per heavy atom. The second-order valence-corrected chi connectivity index (χ2v) is 10.2. The van der Waals surface area contributed by atoms with Gasteiger partial charge in [0.25, 0.3) is 11.5 Å². The van der Waals surface area contributed by atoms with E-state index in [0.717, 1.165) is 24.8 Å². The Bertz CT molecular complexity index is 1500. The SMILES string of the molecule is CCC1CCc2sc(C(=O)NN=Cc3c(O)n(-c4ccc(C)cc4)c(=O)c4ccccc34)cc2C1. The van der Waals surface area contributed by atoms with Crippen molar-refractivity contribution in [2.75, 3.05) is 0 Å². The maximum Gasteiger partial charge on any atom is 0.281 e. The number of rotatable bonds is 5. The van der Waals surface area contributed by atoms with Crippen molar-refractivity contribution in [1.29, 1.82) is 0 Å². The topological polar surface area (TPSA) is 83.7 Å². The van der Waals surface area contributed by atoms with Crippen molar-refractivity contribution in [1.82, 2.24) is 9.99 Å². The highest BCUT2D eigenvalue weighted by Gasteiger charge is 2.22. The van der Waals surface area contributed by atoms with E-state index >= 15 is 0 Å². The molecule has 0 saturated carbocycles. The maximum atomic E-state index is 13.2. The summed E-state index contributed by atoms with van der Waals surface area (Å²) in [6.45, 7) is 4.17. The van der Waals surface area contributed by atoms with Crippen LogP contribution in [0.25, 0.3) is 16.5 Å². The summed E-state index contributed by atoms with van der Waals surface area (Å²) < 4.78 is 1.27. The summed E-state index contributed by atoms with van der Waals surface area (Å²) in [7, 11) is 0. The van der Waals surface area contributed by atoms with Crippen LogP contribution in [0.2, 0.25) is 0 Å². The summed E-state index contributed by atoms with van der Waals surface area (Å²) >= 11 is 1.53. The zero-order valence-electron chi connectivity index (χ0n) is 19.7. The maximum absolute atomic E-state index is 13.2. The van der Waals surface area contributed by atoms with E-state index in [4.69, 9.17) is 0 Å². The Labute approximate surface area is 207 Å². The summed E-state index contributed by atoms with van der Waals surface area (Å²) in [4.78, 5) is 27.9. The molecule has 0 fully saturated rings. The lowest BCUT2D eigenvalue weighted by molar-refractivity contribution is 0.0959. The van der Waals surface area contributed by atoms with Gasteiger partial charge in [0, 0.05) is 15.6 Å². The normalized spacial score (nSPS) is 15.4. The van der Waals surface area contributed by atoms with Gasteiger partial charge in [0.2, 0.25) is 5.88 Å². The molecule has 2 heterocycles. The lowest BCUT2D eigenvalue weighted by Gasteiger charge is -2.19. The van der Waals surface area contributed by atoms with Crippen LogP contribution in [0.3, 0.4) is 0 Å². The summed E-state index contributed by atoms with van der Waals surface area (Å²) in [5.41, 5.74) is 5.51. The predicted molar refractivity (Wildman–Crippen MR) is 141 cm³/mol. The molecule has 1 amide bonds. The second kappa shape index (κ2) is 9.50. The summed E-state index contributed by atoms with van der Waals surface area (Å²) in [6, 6.07) is 16.4. The van der Waals surface area contributed by atoms with Gasteiger partial charge in [-0.25, -0.2) is 9.99 Å². The number of aromatic hydroxyl groups is 1. The quantitative estimate of drug-likeness (QED) is 0.295. The highest BCUT2D eigenvalue weighted by atomic mass is 32.1. The van der Waals surface area contributed by atoms with E-state index in [1.807, 2.05) is 25.1 Å². The Balaban J connectivity index is 1.47. The number of aryl methyl sites for hydroxylation is 2. The van der Waals surface area contributed by atoms with Gasteiger partial charge in [-0.3, -0.25) is 9.59 Å². The lowest BCUT2D eigenvalue weighted by Crippen LogP contribution is -2.21. The van der Waals surface area contributed by atoms with Gasteiger partial charge in [0.1, 0.15) is 0 Å². The molecule has 1 aliphatic carbocycles. The molecule has 178 valence electrons. The van der Waals surface area contributed by atoms with Crippen LogP contribution in [0, 0.1) is 12.8 Å². The molecule has 1 atom stereocenters. The molecule has 2 aromatic carbocycles. The first-order valence-electron chi connectivity index (χ1n) is 11.8. The molecule has 2 N–H and O–H groups in total. The summed E-state index contributed by atoms with van der Waals surface area (Å²) in [6.07, 6.45) is 5.78. The van der Waals surface area contributed by atoms with E-state index in [2.05, 4.69) is 17.5 Å². The van der Waals surface area contributed by atoms with Gasteiger partial charge in [-0.05, 0) is 61.9 Å². The molecule has 0 saturated heterocycles. The molecule has 1 unspecified atom stereocenters. The molecule has 6 nitrogen and oxygen atoms in total. The monoisotopic (exact) mass is 485 g/mol. The van der Waals surface area contributed by atoms with Crippen LogP contribution in [0.1, 0.15) is 51.0 Å². The minimum atomic E-state index is -0.322. The van der Waals surface area contributed by atoms with Crippen molar-refractivity contribution in [3.63, 3.8) is 0 Å². The number of nitrogens with one attached hydrogen (secondary N) is 1.